The van der Waals surface area contributed by atoms with Crippen molar-refractivity contribution in [2.24, 2.45) is 0 Å². The summed E-state index contributed by atoms with van der Waals surface area (Å²) in [4.78, 5) is 8.65. The van der Waals surface area contributed by atoms with Gasteiger partial charge in [-0.05, 0) is 12.8 Å². The van der Waals surface area contributed by atoms with Crippen molar-refractivity contribution in [2.45, 2.75) is 32.8 Å². The zero-order valence-corrected chi connectivity index (χ0v) is 13.1. The molecule has 0 spiro atoms. The monoisotopic (exact) mass is 298 g/mol. The first-order valence-electron chi connectivity index (χ1n) is 7.23. The lowest BCUT2D eigenvalue weighted by atomic mass is 10.3. The van der Waals surface area contributed by atoms with E-state index < -0.39 is 0 Å². The third-order valence-electron chi connectivity index (χ3n) is 2.78. The van der Waals surface area contributed by atoms with Gasteiger partial charge in [-0.3, -0.25) is 0 Å². The van der Waals surface area contributed by atoms with Gasteiger partial charge >= 0.3 is 0 Å². The zero-order valence-electron chi connectivity index (χ0n) is 13.1. The minimum absolute atomic E-state index is 0.317. The second-order valence-electron chi connectivity index (χ2n) is 4.62. The van der Waals surface area contributed by atoms with E-state index in [0.29, 0.717) is 43.0 Å². The molecule has 0 saturated heterocycles. The number of nitrogen functional groups attached to an aromatic ring is 1. The molecule has 0 amide bonds. The van der Waals surface area contributed by atoms with E-state index in [0.717, 1.165) is 25.8 Å². The summed E-state index contributed by atoms with van der Waals surface area (Å²) in [5.74, 6) is 1.55. The first-order chi connectivity index (χ1) is 10.2. The third kappa shape index (κ3) is 6.14. The highest BCUT2D eigenvalue weighted by molar-refractivity contribution is 5.66. The van der Waals surface area contributed by atoms with Crippen molar-refractivity contribution < 1.29 is 14.2 Å². The Morgan fingerprint density at radius 1 is 1.10 bits per heavy atom. The van der Waals surface area contributed by atoms with Gasteiger partial charge in [0.15, 0.2) is 11.6 Å². The van der Waals surface area contributed by atoms with Crippen LogP contribution in [0.3, 0.4) is 0 Å². The van der Waals surface area contributed by atoms with Crippen LogP contribution in [0.1, 0.15) is 32.0 Å². The summed E-state index contributed by atoms with van der Waals surface area (Å²) in [6.45, 7) is 4.41. The summed E-state index contributed by atoms with van der Waals surface area (Å²) in [7, 11) is 3.28. The average Bonchev–Trinajstić information content (AvgIpc) is 2.48. The molecule has 0 saturated carbocycles. The molecule has 0 bridgehead atoms. The third-order valence-corrected chi connectivity index (χ3v) is 2.78. The Morgan fingerprint density at radius 2 is 1.90 bits per heavy atom. The van der Waals surface area contributed by atoms with E-state index in [4.69, 9.17) is 19.9 Å². The van der Waals surface area contributed by atoms with Crippen molar-refractivity contribution in [2.75, 3.05) is 45.0 Å². The van der Waals surface area contributed by atoms with Gasteiger partial charge in [0.05, 0.1) is 6.61 Å². The fourth-order valence-corrected chi connectivity index (χ4v) is 1.67. The van der Waals surface area contributed by atoms with Crippen molar-refractivity contribution >= 4 is 11.5 Å². The van der Waals surface area contributed by atoms with Crippen molar-refractivity contribution in [1.82, 2.24) is 9.97 Å². The van der Waals surface area contributed by atoms with Crippen LogP contribution in [-0.2, 0) is 16.1 Å². The molecule has 0 fully saturated rings. The van der Waals surface area contributed by atoms with E-state index >= 15 is 0 Å². The second-order valence-corrected chi connectivity index (χ2v) is 4.62. The van der Waals surface area contributed by atoms with Gasteiger partial charge in [0.25, 0.3) is 0 Å². The fourth-order valence-electron chi connectivity index (χ4n) is 1.67. The summed E-state index contributed by atoms with van der Waals surface area (Å²) >= 11 is 0. The maximum absolute atomic E-state index is 6.06. The summed E-state index contributed by atoms with van der Waals surface area (Å²) < 4.78 is 15.7. The van der Waals surface area contributed by atoms with Crippen LogP contribution in [-0.4, -0.2) is 43.9 Å². The Bertz CT molecular complexity index is 415. The smallest absolute Gasteiger partial charge is 0.242 e. The number of nitrogens with two attached hydrogens (primary N) is 1. The quantitative estimate of drug-likeness (QED) is 0.602. The molecule has 1 rings (SSSR count). The predicted molar refractivity (Wildman–Crippen MR) is 82.5 cm³/mol. The Balaban J connectivity index is 2.77. The van der Waals surface area contributed by atoms with Gasteiger partial charge in [-0.15, -0.1) is 0 Å². The van der Waals surface area contributed by atoms with Gasteiger partial charge in [-0.2, -0.15) is 4.98 Å². The zero-order chi connectivity index (χ0) is 15.5. The molecule has 0 atom stereocenters. The number of aromatic nitrogens is 2. The Morgan fingerprint density at radius 3 is 2.57 bits per heavy atom. The Hall–Kier alpha value is -1.60. The van der Waals surface area contributed by atoms with Crippen LogP contribution in [0.25, 0.3) is 0 Å². The first-order valence-corrected chi connectivity index (χ1v) is 7.23. The number of unbranched alkanes of at least 4 members (excludes halogenated alkanes) is 1. The average molecular weight is 298 g/mol. The van der Waals surface area contributed by atoms with Crippen molar-refractivity contribution in [3.05, 3.63) is 5.82 Å². The van der Waals surface area contributed by atoms with Gasteiger partial charge in [0, 0.05) is 27.4 Å². The number of hydrogen-bond donors (Lipinski definition) is 2. The maximum Gasteiger partial charge on any atom is 0.242 e. The molecule has 1 heterocycles. The number of rotatable bonds is 11. The topological polar surface area (TPSA) is 91.5 Å². The minimum atomic E-state index is 0.317. The number of ether oxygens (including phenoxy) is 3. The molecule has 0 aliphatic carbocycles. The standard InChI is InChI=1S/C14H26N4O3/c1-4-5-9-21-14-12(15)13(16-7-6-8-19-2)17-11(18-14)10-20-3/h4-10,15H2,1-3H3,(H,16,17,18). The lowest BCUT2D eigenvalue weighted by molar-refractivity contribution is 0.176. The number of nitrogens with zero attached hydrogens (tertiary/aromatic N) is 2. The number of hydrogen-bond acceptors (Lipinski definition) is 7. The van der Waals surface area contributed by atoms with E-state index in [2.05, 4.69) is 22.2 Å². The highest BCUT2D eigenvalue weighted by Gasteiger charge is 2.13. The van der Waals surface area contributed by atoms with E-state index in [1.165, 1.54) is 0 Å². The van der Waals surface area contributed by atoms with Gasteiger partial charge in [-0.1, -0.05) is 13.3 Å². The highest BCUT2D eigenvalue weighted by Crippen LogP contribution is 2.26. The number of methoxy groups -OCH3 is 2. The molecule has 0 radical (unpaired) electrons. The van der Waals surface area contributed by atoms with Gasteiger partial charge in [0.2, 0.25) is 5.88 Å². The summed E-state index contributed by atoms with van der Waals surface area (Å²) in [6.07, 6.45) is 2.88. The predicted octanol–water partition coefficient (Wildman–Crippen LogP) is 1.83. The summed E-state index contributed by atoms with van der Waals surface area (Å²) in [5.41, 5.74) is 6.49. The van der Waals surface area contributed by atoms with Crippen LogP contribution in [0, 0.1) is 0 Å². The van der Waals surface area contributed by atoms with Crippen LogP contribution >= 0.6 is 0 Å². The van der Waals surface area contributed by atoms with E-state index in [-0.39, 0.29) is 0 Å². The molecule has 21 heavy (non-hydrogen) atoms. The van der Waals surface area contributed by atoms with Gasteiger partial charge in [-0.25, -0.2) is 4.98 Å². The number of anilines is 2. The van der Waals surface area contributed by atoms with Gasteiger partial charge < -0.3 is 25.3 Å². The molecule has 0 unspecified atom stereocenters. The van der Waals surface area contributed by atoms with E-state index in [1.54, 1.807) is 14.2 Å². The lowest BCUT2D eigenvalue weighted by Gasteiger charge is -2.14. The molecular weight excluding hydrogens is 272 g/mol. The van der Waals surface area contributed by atoms with E-state index in [9.17, 15) is 0 Å². The molecule has 1 aromatic rings. The normalized spacial score (nSPS) is 10.6. The Kier molecular flexibility index (Phi) is 8.45. The van der Waals surface area contributed by atoms with Crippen molar-refractivity contribution in [3.63, 3.8) is 0 Å². The Labute approximate surface area is 126 Å². The highest BCUT2D eigenvalue weighted by atomic mass is 16.5. The lowest BCUT2D eigenvalue weighted by Crippen LogP contribution is -2.13. The van der Waals surface area contributed by atoms with Crippen molar-refractivity contribution in [3.8, 4) is 5.88 Å². The molecule has 0 aliphatic rings. The van der Waals surface area contributed by atoms with Crippen LogP contribution in [0.5, 0.6) is 5.88 Å². The maximum atomic E-state index is 6.06. The molecular formula is C14H26N4O3. The van der Waals surface area contributed by atoms with Crippen LogP contribution < -0.4 is 15.8 Å². The van der Waals surface area contributed by atoms with Crippen molar-refractivity contribution in [1.29, 1.82) is 0 Å². The molecule has 7 nitrogen and oxygen atoms in total. The molecule has 7 heteroatoms. The SMILES string of the molecule is CCCCOc1nc(COC)nc(NCCCOC)c1N. The molecule has 3 N–H and O–H groups in total. The van der Waals surface area contributed by atoms with Crippen LogP contribution in [0.2, 0.25) is 0 Å². The van der Waals surface area contributed by atoms with Crippen LogP contribution in [0.15, 0.2) is 0 Å². The molecule has 120 valence electrons. The van der Waals surface area contributed by atoms with E-state index in [1.807, 2.05) is 0 Å². The first kappa shape index (κ1) is 17.5. The van der Waals surface area contributed by atoms with Crippen LogP contribution in [0.4, 0.5) is 11.5 Å². The fraction of sp³-hybridized carbons (Fsp3) is 0.714. The largest absolute Gasteiger partial charge is 0.476 e. The second kappa shape index (κ2) is 10.2. The van der Waals surface area contributed by atoms with Gasteiger partial charge in [0.1, 0.15) is 12.3 Å². The number of nitrogens with one attached hydrogen (secondary N) is 1. The summed E-state index contributed by atoms with van der Waals surface area (Å²) in [5, 5.41) is 3.19. The molecule has 0 aromatic carbocycles. The molecule has 1 aromatic heterocycles. The minimum Gasteiger partial charge on any atom is -0.476 e. The summed E-state index contributed by atoms with van der Waals surface area (Å²) in [6, 6.07) is 0. The molecule has 0 aliphatic heterocycles.